The van der Waals surface area contributed by atoms with Gasteiger partial charge in [0.15, 0.2) is 9.84 Å². The van der Waals surface area contributed by atoms with E-state index < -0.39 is 14.6 Å². The van der Waals surface area contributed by atoms with Gasteiger partial charge in [0, 0.05) is 18.8 Å². The maximum atomic E-state index is 11.8. The number of hydrogen-bond donors (Lipinski definition) is 1. The molecule has 0 heterocycles. The van der Waals surface area contributed by atoms with Crippen molar-refractivity contribution < 1.29 is 8.42 Å². The number of sulfone groups is 1. The maximum Gasteiger partial charge on any atom is 0.154 e. The fourth-order valence-corrected chi connectivity index (χ4v) is 3.90. The highest BCUT2D eigenvalue weighted by Gasteiger charge is 2.51. The fraction of sp³-hybridized carbons (Fsp3) is 1.00. The summed E-state index contributed by atoms with van der Waals surface area (Å²) in [6.45, 7) is 2.82. The van der Waals surface area contributed by atoms with Crippen LogP contribution >= 0.6 is 0 Å². The summed E-state index contributed by atoms with van der Waals surface area (Å²) in [4.78, 5) is 0. The Balaban J connectivity index is 1.97. The summed E-state index contributed by atoms with van der Waals surface area (Å²) in [5, 5.41) is 3.37. The van der Waals surface area contributed by atoms with Crippen molar-refractivity contribution in [2.75, 3.05) is 12.8 Å². The van der Waals surface area contributed by atoms with Gasteiger partial charge < -0.3 is 5.32 Å². The highest BCUT2D eigenvalue weighted by atomic mass is 32.2. The molecule has 0 amide bonds. The zero-order chi connectivity index (χ0) is 11.1. The van der Waals surface area contributed by atoms with Gasteiger partial charge in [0.05, 0.1) is 4.75 Å². The Morgan fingerprint density at radius 1 is 1.33 bits per heavy atom. The van der Waals surface area contributed by atoms with Crippen LogP contribution in [0.1, 0.15) is 39.0 Å². The minimum atomic E-state index is -2.90. The highest BCUT2D eigenvalue weighted by molar-refractivity contribution is 7.92. The van der Waals surface area contributed by atoms with E-state index in [4.69, 9.17) is 0 Å². The summed E-state index contributed by atoms with van der Waals surface area (Å²) < 4.78 is 23.1. The average Bonchev–Trinajstić information content (AvgIpc) is 2.83. The van der Waals surface area contributed by atoms with Gasteiger partial charge in [-0.3, -0.25) is 0 Å². The molecule has 2 rings (SSSR count). The molecule has 0 aromatic rings. The lowest BCUT2D eigenvalue weighted by Gasteiger charge is -2.46. The molecule has 3 nitrogen and oxygen atoms in total. The van der Waals surface area contributed by atoms with Gasteiger partial charge in [0.2, 0.25) is 0 Å². The largest absolute Gasteiger partial charge is 0.312 e. The third-order valence-electron chi connectivity index (χ3n) is 3.98. The molecule has 2 fully saturated rings. The Hall–Kier alpha value is -0.0900. The SMILES string of the molecule is CCC1CC(CNC2CC2)(S(C)(=O)=O)C1. The molecule has 0 bridgehead atoms. The van der Waals surface area contributed by atoms with E-state index in [0.717, 1.165) is 19.3 Å². The average molecular weight is 231 g/mol. The van der Waals surface area contributed by atoms with Crippen molar-refractivity contribution in [3.8, 4) is 0 Å². The summed E-state index contributed by atoms with van der Waals surface area (Å²) in [6, 6.07) is 0.601. The van der Waals surface area contributed by atoms with Gasteiger partial charge in [-0.05, 0) is 31.6 Å². The Bertz CT molecular complexity index is 326. The van der Waals surface area contributed by atoms with Crippen LogP contribution in [-0.4, -0.2) is 32.0 Å². The standard InChI is InChI=1S/C11H21NO2S/c1-3-9-6-11(7-9,15(2,13)14)8-12-10-4-5-10/h9-10,12H,3-8H2,1-2H3. The predicted molar refractivity (Wildman–Crippen MR) is 61.6 cm³/mol. The molecule has 2 saturated carbocycles. The molecule has 0 spiro atoms. The maximum absolute atomic E-state index is 11.8. The van der Waals surface area contributed by atoms with E-state index in [1.807, 2.05) is 0 Å². The van der Waals surface area contributed by atoms with E-state index in [1.165, 1.54) is 19.1 Å². The Morgan fingerprint density at radius 2 is 1.93 bits per heavy atom. The van der Waals surface area contributed by atoms with Crippen molar-refractivity contribution in [2.24, 2.45) is 5.92 Å². The smallest absolute Gasteiger partial charge is 0.154 e. The highest BCUT2D eigenvalue weighted by Crippen LogP contribution is 2.45. The van der Waals surface area contributed by atoms with E-state index in [-0.39, 0.29) is 0 Å². The second kappa shape index (κ2) is 3.74. The second-order valence-electron chi connectivity index (χ2n) is 5.29. The van der Waals surface area contributed by atoms with Gasteiger partial charge >= 0.3 is 0 Å². The molecule has 1 N–H and O–H groups in total. The number of nitrogens with one attached hydrogen (secondary N) is 1. The van der Waals surface area contributed by atoms with Crippen LogP contribution in [-0.2, 0) is 9.84 Å². The molecule has 2 aliphatic carbocycles. The second-order valence-corrected chi connectivity index (χ2v) is 7.70. The quantitative estimate of drug-likeness (QED) is 0.776. The van der Waals surface area contributed by atoms with Crippen LogP contribution in [0.2, 0.25) is 0 Å². The molecule has 2 aliphatic rings. The molecule has 15 heavy (non-hydrogen) atoms. The van der Waals surface area contributed by atoms with Gasteiger partial charge in [-0.15, -0.1) is 0 Å². The molecule has 0 aromatic heterocycles. The van der Waals surface area contributed by atoms with E-state index in [0.29, 0.717) is 18.5 Å². The zero-order valence-electron chi connectivity index (χ0n) is 9.62. The lowest BCUT2D eigenvalue weighted by Crippen LogP contribution is -2.56. The minimum absolute atomic E-state index is 0.434. The summed E-state index contributed by atoms with van der Waals surface area (Å²) in [7, 11) is -2.90. The molecule has 0 aromatic carbocycles. The van der Waals surface area contributed by atoms with Crippen LogP contribution in [0.4, 0.5) is 0 Å². The number of hydrogen-bond acceptors (Lipinski definition) is 3. The Labute approximate surface area is 92.6 Å². The first-order valence-corrected chi connectivity index (χ1v) is 7.79. The fourth-order valence-electron chi connectivity index (χ4n) is 2.48. The number of rotatable bonds is 5. The van der Waals surface area contributed by atoms with Crippen LogP contribution in [0.25, 0.3) is 0 Å². The van der Waals surface area contributed by atoms with Crippen molar-refractivity contribution in [3.63, 3.8) is 0 Å². The first-order valence-electron chi connectivity index (χ1n) is 5.90. The molecule has 88 valence electrons. The summed E-state index contributed by atoms with van der Waals surface area (Å²) in [5.41, 5.74) is 0. The van der Waals surface area contributed by atoms with Crippen LogP contribution in [0.3, 0.4) is 0 Å². The third kappa shape index (κ3) is 2.21. The molecule has 0 unspecified atom stereocenters. The van der Waals surface area contributed by atoms with Crippen molar-refractivity contribution in [1.82, 2.24) is 5.32 Å². The van der Waals surface area contributed by atoms with E-state index in [1.54, 1.807) is 0 Å². The van der Waals surface area contributed by atoms with Gasteiger partial charge in [-0.25, -0.2) is 8.42 Å². The lowest BCUT2D eigenvalue weighted by molar-refractivity contribution is 0.205. The van der Waals surface area contributed by atoms with Crippen LogP contribution in [0.15, 0.2) is 0 Å². The lowest BCUT2D eigenvalue weighted by atomic mass is 9.72. The monoisotopic (exact) mass is 231 g/mol. The van der Waals surface area contributed by atoms with Gasteiger partial charge in [-0.1, -0.05) is 13.3 Å². The van der Waals surface area contributed by atoms with Crippen LogP contribution in [0, 0.1) is 5.92 Å². The van der Waals surface area contributed by atoms with E-state index in [9.17, 15) is 8.42 Å². The predicted octanol–water partition coefficient (Wildman–Crippen LogP) is 1.34. The summed E-state index contributed by atoms with van der Waals surface area (Å²) in [5.74, 6) is 0.626. The summed E-state index contributed by atoms with van der Waals surface area (Å²) in [6.07, 6.45) is 6.67. The van der Waals surface area contributed by atoms with E-state index >= 15 is 0 Å². The van der Waals surface area contributed by atoms with Crippen molar-refractivity contribution in [3.05, 3.63) is 0 Å². The molecule has 0 atom stereocenters. The summed E-state index contributed by atoms with van der Waals surface area (Å²) >= 11 is 0. The van der Waals surface area contributed by atoms with Crippen molar-refractivity contribution in [1.29, 1.82) is 0 Å². The molecule has 4 heteroatoms. The Morgan fingerprint density at radius 3 is 2.33 bits per heavy atom. The van der Waals surface area contributed by atoms with Crippen LogP contribution < -0.4 is 5.32 Å². The van der Waals surface area contributed by atoms with Crippen LogP contribution in [0.5, 0.6) is 0 Å². The zero-order valence-corrected chi connectivity index (χ0v) is 10.4. The third-order valence-corrected chi connectivity index (χ3v) is 6.03. The molecular weight excluding hydrogens is 210 g/mol. The van der Waals surface area contributed by atoms with Gasteiger partial charge in [-0.2, -0.15) is 0 Å². The first kappa shape index (κ1) is 11.4. The first-order chi connectivity index (χ1) is 6.97. The molecular formula is C11H21NO2S. The Kier molecular flexibility index (Phi) is 2.84. The molecule has 0 radical (unpaired) electrons. The molecule has 0 saturated heterocycles. The van der Waals surface area contributed by atoms with E-state index in [2.05, 4.69) is 12.2 Å². The minimum Gasteiger partial charge on any atom is -0.312 e. The topological polar surface area (TPSA) is 46.2 Å². The normalized spacial score (nSPS) is 36.3. The van der Waals surface area contributed by atoms with Crippen molar-refractivity contribution in [2.45, 2.75) is 49.8 Å². The van der Waals surface area contributed by atoms with Crippen molar-refractivity contribution >= 4 is 9.84 Å². The molecule has 0 aliphatic heterocycles. The van der Waals surface area contributed by atoms with Gasteiger partial charge in [0.1, 0.15) is 0 Å². The van der Waals surface area contributed by atoms with Gasteiger partial charge in [0.25, 0.3) is 0 Å².